The number of nitrogens with one attached hydrogen (secondary N) is 1. The van der Waals surface area contributed by atoms with Gasteiger partial charge in [0, 0.05) is 25.2 Å². The first kappa shape index (κ1) is 21.9. The lowest BCUT2D eigenvalue weighted by Gasteiger charge is -2.26. The molecule has 1 N–H and O–H groups in total. The molecule has 0 bridgehead atoms. The Bertz CT molecular complexity index is 1010. The Morgan fingerprint density at radius 3 is 2.62 bits per heavy atom. The Labute approximate surface area is 178 Å². The van der Waals surface area contributed by atoms with Crippen molar-refractivity contribution in [3.05, 3.63) is 63.4 Å². The molecule has 156 valence electrons. The van der Waals surface area contributed by atoms with Gasteiger partial charge in [-0.2, -0.15) is 4.31 Å². The number of carbonyl (C=O) groups is 1. The summed E-state index contributed by atoms with van der Waals surface area (Å²) in [4.78, 5) is 12.6. The molecule has 6 nitrogen and oxygen atoms in total. The number of rotatable bonds is 6. The van der Waals surface area contributed by atoms with E-state index in [1.165, 1.54) is 16.4 Å². The Morgan fingerprint density at radius 1 is 1.21 bits per heavy atom. The van der Waals surface area contributed by atoms with Gasteiger partial charge in [-0.25, -0.2) is 12.8 Å². The van der Waals surface area contributed by atoms with Crippen LogP contribution in [0.3, 0.4) is 0 Å². The molecule has 29 heavy (non-hydrogen) atoms. The van der Waals surface area contributed by atoms with Gasteiger partial charge in [0.1, 0.15) is 5.82 Å². The maximum atomic E-state index is 13.3. The summed E-state index contributed by atoms with van der Waals surface area (Å²) in [6.45, 7) is 3.37. The maximum absolute atomic E-state index is 13.3. The van der Waals surface area contributed by atoms with E-state index >= 15 is 0 Å². The summed E-state index contributed by atoms with van der Waals surface area (Å²) in [5.74, 6) is -0.698. The van der Waals surface area contributed by atoms with Gasteiger partial charge in [-0.3, -0.25) is 4.79 Å². The normalized spacial score (nSPS) is 15.3. The highest BCUT2D eigenvalue weighted by atomic mass is 79.9. The first-order valence-corrected chi connectivity index (χ1v) is 11.4. The minimum atomic E-state index is -3.69. The summed E-state index contributed by atoms with van der Waals surface area (Å²) in [6, 6.07) is 9.36. The summed E-state index contributed by atoms with van der Waals surface area (Å²) >= 11 is 3.14. The van der Waals surface area contributed by atoms with E-state index in [0.29, 0.717) is 49.3 Å². The minimum Gasteiger partial charge on any atom is -0.379 e. The van der Waals surface area contributed by atoms with Crippen molar-refractivity contribution in [3.63, 3.8) is 0 Å². The highest BCUT2D eigenvalue weighted by Gasteiger charge is 2.28. The lowest BCUT2D eigenvalue weighted by molar-refractivity contribution is 0.0730. The number of halogens is 2. The molecule has 1 aliphatic rings. The number of ether oxygens (including phenoxy) is 1. The van der Waals surface area contributed by atoms with Crippen LogP contribution in [0.1, 0.15) is 21.5 Å². The van der Waals surface area contributed by atoms with Crippen LogP contribution in [0.25, 0.3) is 0 Å². The second kappa shape index (κ2) is 9.34. The molecule has 1 aliphatic heterocycles. The van der Waals surface area contributed by atoms with Gasteiger partial charge in [0.2, 0.25) is 10.0 Å². The molecule has 1 heterocycles. The third-order valence-electron chi connectivity index (χ3n) is 4.72. The summed E-state index contributed by atoms with van der Waals surface area (Å²) in [6.07, 6.45) is 0.523. The van der Waals surface area contributed by atoms with E-state index in [1.54, 1.807) is 31.2 Å². The maximum Gasteiger partial charge on any atom is 0.251 e. The molecule has 1 amide bonds. The lowest BCUT2D eigenvalue weighted by atomic mass is 10.1. The molecule has 0 aromatic heterocycles. The van der Waals surface area contributed by atoms with Crippen LogP contribution in [-0.4, -0.2) is 51.5 Å². The van der Waals surface area contributed by atoms with Gasteiger partial charge < -0.3 is 10.1 Å². The number of hydrogen-bond acceptors (Lipinski definition) is 4. The Balaban J connectivity index is 1.69. The monoisotopic (exact) mass is 484 g/mol. The Hall–Kier alpha value is -1.81. The number of morpholine rings is 1. The third-order valence-corrected chi connectivity index (χ3v) is 7.37. The molecule has 1 saturated heterocycles. The zero-order valence-electron chi connectivity index (χ0n) is 16.0. The SMILES string of the molecule is Cc1ccc(C(=O)NCCc2ccc(F)c(Br)c2)cc1S(=O)(=O)N1CCOCC1. The van der Waals surface area contributed by atoms with Crippen LogP contribution in [-0.2, 0) is 21.2 Å². The zero-order valence-corrected chi connectivity index (χ0v) is 18.4. The van der Waals surface area contributed by atoms with Gasteiger partial charge in [-0.1, -0.05) is 12.1 Å². The van der Waals surface area contributed by atoms with Gasteiger partial charge in [0.25, 0.3) is 5.91 Å². The van der Waals surface area contributed by atoms with Crippen LogP contribution in [0, 0.1) is 12.7 Å². The van der Waals surface area contributed by atoms with Crippen molar-refractivity contribution in [2.45, 2.75) is 18.2 Å². The van der Waals surface area contributed by atoms with Crippen molar-refractivity contribution in [2.24, 2.45) is 0 Å². The Kier molecular flexibility index (Phi) is 7.05. The molecule has 0 aliphatic carbocycles. The van der Waals surface area contributed by atoms with Crippen LogP contribution in [0.5, 0.6) is 0 Å². The first-order chi connectivity index (χ1) is 13.8. The second-order valence-electron chi connectivity index (χ2n) is 6.75. The largest absolute Gasteiger partial charge is 0.379 e. The van der Waals surface area contributed by atoms with Crippen molar-refractivity contribution in [3.8, 4) is 0 Å². The molecule has 0 unspecified atom stereocenters. The van der Waals surface area contributed by atoms with Gasteiger partial charge >= 0.3 is 0 Å². The predicted octanol–water partition coefficient (Wildman–Crippen LogP) is 2.89. The van der Waals surface area contributed by atoms with E-state index in [4.69, 9.17) is 4.74 Å². The van der Waals surface area contributed by atoms with Crippen molar-refractivity contribution in [2.75, 3.05) is 32.8 Å². The van der Waals surface area contributed by atoms with E-state index < -0.39 is 10.0 Å². The molecule has 0 radical (unpaired) electrons. The van der Waals surface area contributed by atoms with Crippen LogP contribution in [0.4, 0.5) is 4.39 Å². The highest BCUT2D eigenvalue weighted by molar-refractivity contribution is 9.10. The number of carbonyl (C=O) groups excluding carboxylic acids is 1. The number of benzene rings is 2. The van der Waals surface area contributed by atoms with E-state index in [0.717, 1.165) is 5.56 Å². The minimum absolute atomic E-state index is 0.134. The molecule has 3 rings (SSSR count). The van der Waals surface area contributed by atoms with E-state index in [9.17, 15) is 17.6 Å². The van der Waals surface area contributed by atoms with Crippen LogP contribution < -0.4 is 5.32 Å². The molecular weight excluding hydrogens is 463 g/mol. The molecule has 1 fully saturated rings. The standard InChI is InChI=1S/C20H22BrFN2O4S/c1-14-2-4-16(13-19(14)29(26,27)24-8-10-28-11-9-24)20(25)23-7-6-15-3-5-18(22)17(21)12-15/h2-5,12-13H,6-11H2,1H3,(H,23,25). The average Bonchev–Trinajstić information content (AvgIpc) is 2.71. The van der Waals surface area contributed by atoms with Gasteiger partial charge in [-0.05, 0) is 64.7 Å². The highest BCUT2D eigenvalue weighted by Crippen LogP contribution is 2.22. The Morgan fingerprint density at radius 2 is 1.93 bits per heavy atom. The number of amides is 1. The molecule has 0 atom stereocenters. The first-order valence-electron chi connectivity index (χ1n) is 9.20. The third kappa shape index (κ3) is 5.22. The van der Waals surface area contributed by atoms with Crippen molar-refractivity contribution in [1.82, 2.24) is 9.62 Å². The molecule has 2 aromatic carbocycles. The quantitative estimate of drug-likeness (QED) is 0.683. The van der Waals surface area contributed by atoms with E-state index in [2.05, 4.69) is 21.2 Å². The molecule has 2 aromatic rings. The van der Waals surface area contributed by atoms with Crippen molar-refractivity contribution in [1.29, 1.82) is 0 Å². The fourth-order valence-corrected chi connectivity index (χ4v) is 5.15. The summed E-state index contributed by atoms with van der Waals surface area (Å²) < 4.78 is 46.2. The number of aryl methyl sites for hydroxylation is 1. The van der Waals surface area contributed by atoms with E-state index in [1.807, 2.05) is 0 Å². The van der Waals surface area contributed by atoms with E-state index in [-0.39, 0.29) is 22.2 Å². The molecule has 0 spiro atoms. The number of nitrogens with zero attached hydrogens (tertiary/aromatic N) is 1. The van der Waals surface area contributed by atoms with Gasteiger partial charge in [-0.15, -0.1) is 0 Å². The van der Waals surface area contributed by atoms with Crippen molar-refractivity contribution < 1.29 is 22.3 Å². The number of sulfonamides is 1. The van der Waals surface area contributed by atoms with Crippen LogP contribution in [0.15, 0.2) is 45.8 Å². The lowest BCUT2D eigenvalue weighted by Crippen LogP contribution is -2.41. The van der Waals surface area contributed by atoms with Crippen LogP contribution >= 0.6 is 15.9 Å². The van der Waals surface area contributed by atoms with Gasteiger partial charge in [0.15, 0.2) is 0 Å². The smallest absolute Gasteiger partial charge is 0.251 e. The topological polar surface area (TPSA) is 75.7 Å². The fraction of sp³-hybridized carbons (Fsp3) is 0.350. The summed E-state index contributed by atoms with van der Waals surface area (Å²) in [7, 11) is -3.69. The van der Waals surface area contributed by atoms with Gasteiger partial charge in [0.05, 0.1) is 22.6 Å². The van der Waals surface area contributed by atoms with Crippen molar-refractivity contribution >= 4 is 31.9 Å². The molecule has 9 heteroatoms. The number of hydrogen-bond donors (Lipinski definition) is 1. The fourth-order valence-electron chi connectivity index (χ4n) is 3.06. The molecule has 0 saturated carbocycles. The summed E-state index contributed by atoms with van der Waals surface area (Å²) in [5.41, 5.74) is 1.74. The summed E-state index contributed by atoms with van der Waals surface area (Å²) in [5, 5.41) is 2.78. The molecular formula is C20H22BrFN2O4S. The van der Waals surface area contributed by atoms with Crippen LogP contribution in [0.2, 0.25) is 0 Å². The average molecular weight is 485 g/mol. The zero-order chi connectivity index (χ0) is 21.0. The predicted molar refractivity (Wildman–Crippen MR) is 111 cm³/mol. The second-order valence-corrected chi connectivity index (χ2v) is 9.51.